The van der Waals surface area contributed by atoms with Gasteiger partial charge in [-0.25, -0.2) is 13.2 Å². The SMILES string of the molecule is CC(NC(=O)N1CCCS(=O)(=O)CC1)C(C)C(=O)O. The number of carbonyl (C=O) groups is 2. The van der Waals surface area contributed by atoms with E-state index in [0.29, 0.717) is 13.0 Å². The van der Waals surface area contributed by atoms with Crippen molar-refractivity contribution in [1.29, 1.82) is 0 Å². The molecule has 1 aliphatic heterocycles. The number of hydrogen-bond acceptors (Lipinski definition) is 4. The van der Waals surface area contributed by atoms with Crippen molar-refractivity contribution in [2.75, 3.05) is 24.6 Å². The molecule has 1 aliphatic rings. The summed E-state index contributed by atoms with van der Waals surface area (Å²) in [5.74, 6) is -1.62. The van der Waals surface area contributed by atoms with Crippen molar-refractivity contribution >= 4 is 21.8 Å². The number of amides is 2. The zero-order valence-corrected chi connectivity index (χ0v) is 11.9. The first kappa shape index (κ1) is 15.7. The smallest absolute Gasteiger partial charge is 0.317 e. The molecule has 110 valence electrons. The Morgan fingerprint density at radius 1 is 1.21 bits per heavy atom. The van der Waals surface area contributed by atoms with Gasteiger partial charge in [-0.05, 0) is 20.3 Å². The molecule has 19 heavy (non-hydrogen) atoms. The summed E-state index contributed by atoms with van der Waals surface area (Å²) in [6.07, 6.45) is 0.415. The summed E-state index contributed by atoms with van der Waals surface area (Å²) in [6.45, 7) is 3.66. The molecule has 1 rings (SSSR count). The first-order chi connectivity index (χ1) is 8.73. The van der Waals surface area contributed by atoms with E-state index >= 15 is 0 Å². The van der Waals surface area contributed by atoms with Crippen LogP contribution in [-0.2, 0) is 14.6 Å². The number of rotatable bonds is 3. The van der Waals surface area contributed by atoms with Gasteiger partial charge in [-0.2, -0.15) is 0 Å². The second kappa shape index (κ2) is 6.23. The third-order valence-corrected chi connectivity index (χ3v) is 5.05. The third kappa shape index (κ3) is 4.70. The molecule has 0 bridgehead atoms. The second-order valence-electron chi connectivity index (χ2n) is 4.86. The molecule has 0 aromatic heterocycles. The van der Waals surface area contributed by atoms with Crippen LogP contribution in [-0.4, -0.2) is 61.1 Å². The lowest BCUT2D eigenvalue weighted by Crippen LogP contribution is -2.48. The maximum absolute atomic E-state index is 11.9. The quantitative estimate of drug-likeness (QED) is 0.757. The van der Waals surface area contributed by atoms with Crippen LogP contribution in [0.5, 0.6) is 0 Å². The Kier molecular flexibility index (Phi) is 5.16. The molecule has 0 saturated carbocycles. The summed E-state index contributed by atoms with van der Waals surface area (Å²) in [4.78, 5) is 24.1. The number of sulfone groups is 1. The zero-order valence-electron chi connectivity index (χ0n) is 11.1. The minimum atomic E-state index is -3.06. The summed E-state index contributed by atoms with van der Waals surface area (Å²) in [5.41, 5.74) is 0. The molecule has 0 aliphatic carbocycles. The van der Waals surface area contributed by atoms with Gasteiger partial charge in [0, 0.05) is 19.1 Å². The van der Waals surface area contributed by atoms with Crippen LogP contribution in [0.2, 0.25) is 0 Å². The lowest BCUT2D eigenvalue weighted by molar-refractivity contribution is -0.141. The molecule has 8 heteroatoms. The Morgan fingerprint density at radius 3 is 2.42 bits per heavy atom. The predicted molar refractivity (Wildman–Crippen MR) is 69.6 cm³/mol. The monoisotopic (exact) mass is 292 g/mol. The molecule has 0 aromatic rings. The number of urea groups is 1. The zero-order chi connectivity index (χ0) is 14.6. The molecule has 1 fully saturated rings. The van der Waals surface area contributed by atoms with E-state index in [-0.39, 0.29) is 18.1 Å². The maximum Gasteiger partial charge on any atom is 0.317 e. The molecule has 7 nitrogen and oxygen atoms in total. The van der Waals surface area contributed by atoms with Gasteiger partial charge in [-0.1, -0.05) is 0 Å². The maximum atomic E-state index is 11.9. The molecule has 0 radical (unpaired) electrons. The van der Waals surface area contributed by atoms with Gasteiger partial charge in [0.05, 0.1) is 17.4 Å². The molecule has 2 N–H and O–H groups in total. The molecule has 0 spiro atoms. The number of hydrogen-bond donors (Lipinski definition) is 2. The summed E-state index contributed by atoms with van der Waals surface area (Å²) in [6, 6.07) is -0.914. The van der Waals surface area contributed by atoms with Crippen LogP contribution >= 0.6 is 0 Å². The number of nitrogens with one attached hydrogen (secondary N) is 1. The first-order valence-corrected chi connectivity index (χ1v) is 8.04. The van der Waals surface area contributed by atoms with E-state index in [4.69, 9.17) is 5.11 Å². The number of aliphatic carboxylic acids is 1. The summed E-state index contributed by atoms with van der Waals surface area (Å²) in [5, 5.41) is 11.4. The molecule has 1 saturated heterocycles. The molecule has 2 unspecified atom stereocenters. The van der Waals surface area contributed by atoms with Gasteiger partial charge in [0.15, 0.2) is 9.84 Å². The van der Waals surface area contributed by atoms with E-state index in [1.54, 1.807) is 6.92 Å². The summed E-state index contributed by atoms with van der Waals surface area (Å²) in [7, 11) is -3.06. The fourth-order valence-corrected chi connectivity index (χ4v) is 3.04. The van der Waals surface area contributed by atoms with Gasteiger partial charge in [0.2, 0.25) is 0 Å². The molecular weight excluding hydrogens is 272 g/mol. The minimum absolute atomic E-state index is 0.0384. The molecule has 2 atom stereocenters. The minimum Gasteiger partial charge on any atom is -0.481 e. The molecular formula is C11H20N2O5S. The third-order valence-electron chi connectivity index (χ3n) is 3.33. The number of carboxylic acids is 1. The second-order valence-corrected chi connectivity index (χ2v) is 7.16. The fraction of sp³-hybridized carbons (Fsp3) is 0.818. The van der Waals surface area contributed by atoms with Crippen molar-refractivity contribution in [2.45, 2.75) is 26.3 Å². The van der Waals surface area contributed by atoms with E-state index in [9.17, 15) is 18.0 Å². The van der Waals surface area contributed by atoms with E-state index in [1.165, 1.54) is 11.8 Å². The summed E-state index contributed by atoms with van der Waals surface area (Å²) < 4.78 is 22.8. The Hall–Kier alpha value is -1.31. The van der Waals surface area contributed by atoms with Gasteiger partial charge in [-0.3, -0.25) is 4.79 Å². The Labute approximate surface area is 112 Å². The van der Waals surface area contributed by atoms with Crippen LogP contribution in [0.15, 0.2) is 0 Å². The number of carboxylic acid groups (broad SMARTS) is 1. The lowest BCUT2D eigenvalue weighted by atomic mass is 10.0. The summed E-state index contributed by atoms with van der Waals surface area (Å²) >= 11 is 0. The van der Waals surface area contributed by atoms with Gasteiger partial charge < -0.3 is 15.3 Å². The van der Waals surface area contributed by atoms with Crippen molar-refractivity contribution in [2.24, 2.45) is 5.92 Å². The predicted octanol–water partition coefficient (Wildman–Crippen LogP) is -0.0743. The standard InChI is InChI=1S/C11H20N2O5S/c1-8(10(14)15)9(2)12-11(16)13-4-3-6-19(17,18)7-5-13/h8-9H,3-7H2,1-2H3,(H,12,16)(H,14,15). The average Bonchev–Trinajstić information content (AvgIpc) is 2.48. The normalized spacial score (nSPS) is 22.1. The highest BCUT2D eigenvalue weighted by atomic mass is 32.2. The highest BCUT2D eigenvalue weighted by Gasteiger charge is 2.26. The fourth-order valence-electron chi connectivity index (χ4n) is 1.77. The van der Waals surface area contributed by atoms with Gasteiger partial charge in [0.25, 0.3) is 0 Å². The highest BCUT2D eigenvalue weighted by Crippen LogP contribution is 2.07. The lowest BCUT2D eigenvalue weighted by Gasteiger charge is -2.24. The van der Waals surface area contributed by atoms with Crippen LogP contribution in [0.1, 0.15) is 20.3 Å². The van der Waals surface area contributed by atoms with Crippen LogP contribution in [0.25, 0.3) is 0 Å². The van der Waals surface area contributed by atoms with Gasteiger partial charge in [0.1, 0.15) is 0 Å². The van der Waals surface area contributed by atoms with E-state index in [2.05, 4.69) is 5.32 Å². The van der Waals surface area contributed by atoms with Crippen molar-refractivity contribution in [3.05, 3.63) is 0 Å². The van der Waals surface area contributed by atoms with Crippen LogP contribution in [0.4, 0.5) is 4.79 Å². The van der Waals surface area contributed by atoms with E-state index in [0.717, 1.165) is 0 Å². The first-order valence-electron chi connectivity index (χ1n) is 6.21. The van der Waals surface area contributed by atoms with Crippen molar-refractivity contribution in [3.8, 4) is 0 Å². The Bertz CT molecular complexity index is 448. The van der Waals surface area contributed by atoms with E-state index in [1.807, 2.05) is 0 Å². The van der Waals surface area contributed by atoms with Crippen LogP contribution < -0.4 is 5.32 Å². The molecule has 0 aromatic carbocycles. The van der Waals surface area contributed by atoms with E-state index < -0.39 is 33.8 Å². The van der Waals surface area contributed by atoms with Crippen molar-refractivity contribution in [3.63, 3.8) is 0 Å². The van der Waals surface area contributed by atoms with Gasteiger partial charge in [-0.15, -0.1) is 0 Å². The van der Waals surface area contributed by atoms with Gasteiger partial charge >= 0.3 is 12.0 Å². The molecule has 1 heterocycles. The van der Waals surface area contributed by atoms with Crippen LogP contribution in [0, 0.1) is 5.92 Å². The van der Waals surface area contributed by atoms with Crippen molar-refractivity contribution in [1.82, 2.24) is 10.2 Å². The van der Waals surface area contributed by atoms with Crippen LogP contribution in [0.3, 0.4) is 0 Å². The Balaban J connectivity index is 2.56. The molecule has 2 amide bonds. The largest absolute Gasteiger partial charge is 0.481 e. The number of nitrogens with zero attached hydrogens (tertiary/aromatic N) is 1. The Morgan fingerprint density at radius 2 is 1.84 bits per heavy atom. The average molecular weight is 292 g/mol. The number of carbonyl (C=O) groups excluding carboxylic acids is 1. The topological polar surface area (TPSA) is 104 Å². The van der Waals surface area contributed by atoms with Crippen molar-refractivity contribution < 1.29 is 23.1 Å². The highest BCUT2D eigenvalue weighted by molar-refractivity contribution is 7.91.